The minimum Gasteiger partial charge on any atom is -0.481 e. The Morgan fingerprint density at radius 2 is 1.57 bits per heavy atom. The van der Waals surface area contributed by atoms with Crippen LogP contribution in [0.5, 0.6) is 0 Å². The van der Waals surface area contributed by atoms with E-state index in [2.05, 4.69) is 20.9 Å². The second-order valence-electron chi connectivity index (χ2n) is 10.1. The lowest BCUT2D eigenvalue weighted by atomic mass is 10.00. The average Bonchev–Trinajstić information content (AvgIpc) is 3.31. The Morgan fingerprint density at radius 3 is 2.20 bits per heavy atom. The highest BCUT2D eigenvalue weighted by Gasteiger charge is 2.32. The number of rotatable bonds is 17. The van der Waals surface area contributed by atoms with Crippen LogP contribution in [0.3, 0.4) is 0 Å². The van der Waals surface area contributed by atoms with Gasteiger partial charge in [0.1, 0.15) is 18.1 Å². The van der Waals surface area contributed by atoms with Crippen LogP contribution in [0.4, 0.5) is 0 Å². The third-order valence-corrected chi connectivity index (χ3v) is 6.55. The van der Waals surface area contributed by atoms with E-state index in [-0.39, 0.29) is 25.7 Å². The standard InChI is InChI=1S/C27H40N6O7/c1-15(2)23(26(38)32-21(27(39)40)13-16-14-30-19-8-4-3-7-17(16)19)33-25(37)20(9-5-6-12-28)31-24(36)18(29)10-11-22(34)35/h3-4,7-8,14-15,18,20-21,23,30H,5-6,9-13,28-29H2,1-2H3,(H,31,36)(H,32,38)(H,33,37)(H,34,35)(H,39,40). The molecule has 13 heteroatoms. The van der Waals surface area contributed by atoms with Crippen molar-refractivity contribution in [2.24, 2.45) is 17.4 Å². The number of carboxylic acids is 2. The van der Waals surface area contributed by atoms with Gasteiger partial charge in [0.05, 0.1) is 6.04 Å². The second kappa shape index (κ2) is 15.6. The van der Waals surface area contributed by atoms with E-state index in [9.17, 15) is 29.1 Å². The molecule has 0 radical (unpaired) electrons. The molecule has 0 bridgehead atoms. The summed E-state index contributed by atoms with van der Waals surface area (Å²) in [7, 11) is 0. The first kappa shape index (κ1) is 32.2. The quantitative estimate of drug-likeness (QED) is 0.124. The molecule has 10 N–H and O–H groups in total. The zero-order valence-corrected chi connectivity index (χ0v) is 22.8. The molecule has 1 aromatic heterocycles. The van der Waals surface area contributed by atoms with Crippen LogP contribution in [0, 0.1) is 5.92 Å². The molecule has 0 aliphatic heterocycles. The molecule has 4 atom stereocenters. The number of aromatic amines is 1. The molecule has 0 aliphatic carbocycles. The molecule has 2 rings (SSSR count). The van der Waals surface area contributed by atoms with Crippen molar-refractivity contribution < 1.29 is 34.2 Å². The Hall–Kier alpha value is -3.97. The van der Waals surface area contributed by atoms with Crippen LogP contribution in [-0.4, -0.2) is 75.6 Å². The Morgan fingerprint density at radius 1 is 0.900 bits per heavy atom. The summed E-state index contributed by atoms with van der Waals surface area (Å²) < 4.78 is 0. The Labute approximate surface area is 232 Å². The minimum absolute atomic E-state index is 0.0237. The predicted octanol–water partition coefficient (Wildman–Crippen LogP) is 0.227. The third kappa shape index (κ3) is 9.65. The molecule has 0 saturated heterocycles. The third-order valence-electron chi connectivity index (χ3n) is 6.55. The number of unbranched alkanes of at least 4 members (excludes halogenated alkanes) is 1. The maximum Gasteiger partial charge on any atom is 0.326 e. The van der Waals surface area contributed by atoms with E-state index in [0.717, 1.165) is 16.5 Å². The van der Waals surface area contributed by atoms with Crippen molar-refractivity contribution in [1.29, 1.82) is 0 Å². The largest absolute Gasteiger partial charge is 0.481 e. The Bertz CT molecular complexity index is 1180. The van der Waals surface area contributed by atoms with Gasteiger partial charge < -0.3 is 42.6 Å². The van der Waals surface area contributed by atoms with Gasteiger partial charge >= 0.3 is 11.9 Å². The van der Waals surface area contributed by atoms with Gasteiger partial charge in [0.25, 0.3) is 0 Å². The highest BCUT2D eigenvalue weighted by atomic mass is 16.4. The molecule has 2 aromatic rings. The number of carbonyl (C=O) groups excluding carboxylic acids is 3. The first-order valence-corrected chi connectivity index (χ1v) is 13.3. The highest BCUT2D eigenvalue weighted by Crippen LogP contribution is 2.19. The molecule has 0 spiro atoms. The summed E-state index contributed by atoms with van der Waals surface area (Å²) in [5.74, 6) is -4.76. The number of carbonyl (C=O) groups is 5. The van der Waals surface area contributed by atoms with E-state index >= 15 is 0 Å². The van der Waals surface area contributed by atoms with Gasteiger partial charge in [-0.2, -0.15) is 0 Å². The van der Waals surface area contributed by atoms with Gasteiger partial charge in [0.15, 0.2) is 0 Å². The zero-order valence-electron chi connectivity index (χ0n) is 22.8. The number of amides is 3. The highest BCUT2D eigenvalue weighted by molar-refractivity contribution is 5.94. The SMILES string of the molecule is CC(C)C(NC(=O)C(CCCCN)NC(=O)C(N)CCC(=O)O)C(=O)NC(Cc1c[nH]c2ccccc12)C(=O)O. The number of H-pyrrole nitrogens is 1. The number of carboxylic acid groups (broad SMARTS) is 2. The minimum atomic E-state index is -1.25. The van der Waals surface area contributed by atoms with Gasteiger partial charge in [0, 0.05) is 29.9 Å². The van der Waals surface area contributed by atoms with Gasteiger partial charge in [-0.1, -0.05) is 32.0 Å². The van der Waals surface area contributed by atoms with Crippen LogP contribution in [0.25, 0.3) is 10.9 Å². The van der Waals surface area contributed by atoms with Crippen LogP contribution in [-0.2, 0) is 30.4 Å². The van der Waals surface area contributed by atoms with E-state index in [1.54, 1.807) is 20.0 Å². The molecule has 1 heterocycles. The fourth-order valence-corrected chi connectivity index (χ4v) is 4.22. The first-order chi connectivity index (χ1) is 18.9. The number of hydrogen-bond donors (Lipinski definition) is 8. The lowest BCUT2D eigenvalue weighted by molar-refractivity contribution is -0.142. The van der Waals surface area contributed by atoms with Crippen LogP contribution in [0.1, 0.15) is 51.5 Å². The van der Waals surface area contributed by atoms with Crippen molar-refractivity contribution >= 4 is 40.6 Å². The van der Waals surface area contributed by atoms with Gasteiger partial charge in [-0.15, -0.1) is 0 Å². The second-order valence-corrected chi connectivity index (χ2v) is 10.1. The fraction of sp³-hybridized carbons (Fsp3) is 0.519. The van der Waals surface area contributed by atoms with Crippen LogP contribution < -0.4 is 27.4 Å². The number of para-hydroxylation sites is 1. The molecule has 0 saturated carbocycles. The molecular weight excluding hydrogens is 520 g/mol. The molecule has 40 heavy (non-hydrogen) atoms. The van der Waals surface area contributed by atoms with E-state index in [1.807, 2.05) is 24.3 Å². The first-order valence-electron chi connectivity index (χ1n) is 13.3. The molecule has 0 fully saturated rings. The average molecular weight is 561 g/mol. The fourth-order valence-electron chi connectivity index (χ4n) is 4.22. The summed E-state index contributed by atoms with van der Waals surface area (Å²) in [6.07, 6.45) is 2.61. The molecule has 0 aliphatic rings. The summed E-state index contributed by atoms with van der Waals surface area (Å²) in [6, 6.07) is 2.87. The molecule has 1 aromatic carbocycles. The Balaban J connectivity index is 2.13. The number of nitrogens with one attached hydrogen (secondary N) is 4. The van der Waals surface area contributed by atoms with E-state index < -0.39 is 59.7 Å². The smallest absolute Gasteiger partial charge is 0.326 e. The van der Waals surface area contributed by atoms with Crippen molar-refractivity contribution in [2.45, 2.75) is 76.5 Å². The maximum absolute atomic E-state index is 13.2. The molecule has 13 nitrogen and oxygen atoms in total. The van der Waals surface area contributed by atoms with Gasteiger partial charge in [-0.25, -0.2) is 4.79 Å². The lowest BCUT2D eigenvalue weighted by Gasteiger charge is -2.27. The van der Waals surface area contributed by atoms with E-state index in [1.165, 1.54) is 0 Å². The van der Waals surface area contributed by atoms with Crippen LogP contribution in [0.2, 0.25) is 0 Å². The van der Waals surface area contributed by atoms with Gasteiger partial charge in [0.2, 0.25) is 17.7 Å². The molecule has 220 valence electrons. The Kier molecular flexibility index (Phi) is 12.6. The van der Waals surface area contributed by atoms with E-state index in [0.29, 0.717) is 19.4 Å². The summed E-state index contributed by atoms with van der Waals surface area (Å²) in [4.78, 5) is 64.9. The number of nitrogens with two attached hydrogens (primary N) is 2. The van der Waals surface area contributed by atoms with Gasteiger partial charge in [-0.05, 0) is 49.8 Å². The maximum atomic E-state index is 13.2. The number of benzene rings is 1. The monoisotopic (exact) mass is 560 g/mol. The number of hydrogen-bond acceptors (Lipinski definition) is 7. The normalized spacial score (nSPS) is 14.2. The topological polar surface area (TPSA) is 230 Å². The van der Waals surface area contributed by atoms with E-state index in [4.69, 9.17) is 16.6 Å². The lowest BCUT2D eigenvalue weighted by Crippen LogP contribution is -2.58. The molecule has 4 unspecified atom stereocenters. The van der Waals surface area contributed by atoms with Crippen molar-refractivity contribution in [2.75, 3.05) is 6.54 Å². The number of aromatic nitrogens is 1. The van der Waals surface area contributed by atoms with Crippen molar-refractivity contribution in [1.82, 2.24) is 20.9 Å². The molecular formula is C27H40N6O7. The predicted molar refractivity (Wildman–Crippen MR) is 148 cm³/mol. The van der Waals surface area contributed by atoms with Crippen molar-refractivity contribution in [3.8, 4) is 0 Å². The van der Waals surface area contributed by atoms with Crippen LogP contribution in [0.15, 0.2) is 30.5 Å². The van der Waals surface area contributed by atoms with Crippen molar-refractivity contribution in [3.05, 3.63) is 36.0 Å². The summed E-state index contributed by atoms with van der Waals surface area (Å²) in [6.45, 7) is 3.78. The van der Waals surface area contributed by atoms with Crippen LogP contribution >= 0.6 is 0 Å². The van der Waals surface area contributed by atoms with Gasteiger partial charge in [-0.3, -0.25) is 19.2 Å². The number of aliphatic carboxylic acids is 2. The zero-order chi connectivity index (χ0) is 29.8. The van der Waals surface area contributed by atoms with Crippen molar-refractivity contribution in [3.63, 3.8) is 0 Å². The summed E-state index contributed by atoms with van der Waals surface area (Å²) >= 11 is 0. The summed E-state index contributed by atoms with van der Waals surface area (Å²) in [5.41, 5.74) is 12.9. The number of fused-ring (bicyclic) bond motifs is 1. The summed E-state index contributed by atoms with van der Waals surface area (Å²) in [5, 5.41) is 27.2. The molecule has 3 amide bonds.